The predicted octanol–water partition coefficient (Wildman–Crippen LogP) is 2.12. The number of likely N-dealkylation sites (tertiary alicyclic amines) is 1. The maximum atomic E-state index is 12.4. The molecule has 6 nitrogen and oxygen atoms in total. The van der Waals surface area contributed by atoms with E-state index in [4.69, 9.17) is 0 Å². The van der Waals surface area contributed by atoms with Crippen molar-refractivity contribution in [3.63, 3.8) is 0 Å². The Morgan fingerprint density at radius 3 is 2.64 bits per heavy atom. The number of rotatable bonds is 3. The minimum atomic E-state index is -0.482. The van der Waals surface area contributed by atoms with E-state index < -0.39 is 11.9 Å². The topological polar surface area (TPSA) is 75.7 Å². The Hall–Kier alpha value is -1.89. The molecule has 1 saturated heterocycles. The first-order valence-corrected chi connectivity index (χ1v) is 7.89. The maximum Gasteiger partial charge on any atom is 0.350 e. The lowest BCUT2D eigenvalue weighted by Crippen LogP contribution is -2.42. The quantitative estimate of drug-likeness (QED) is 0.864. The number of methoxy groups -OCH3 is 1. The molecule has 0 spiro atoms. The molecule has 7 heteroatoms. The summed E-state index contributed by atoms with van der Waals surface area (Å²) in [5.41, 5.74) is 0.134. The lowest BCUT2D eigenvalue weighted by Gasteiger charge is -2.31. The first-order chi connectivity index (χ1) is 10.2. The number of carbonyl (C=O) groups is 3. The van der Waals surface area contributed by atoms with E-state index in [1.165, 1.54) is 18.4 Å². The Labute approximate surface area is 133 Å². The molecule has 1 unspecified atom stereocenters. The van der Waals surface area contributed by atoms with Crippen LogP contribution in [0.2, 0.25) is 0 Å². The normalized spacial score (nSPS) is 18.5. The van der Waals surface area contributed by atoms with Crippen LogP contribution in [0, 0.1) is 5.92 Å². The molecule has 0 radical (unpaired) electrons. The zero-order chi connectivity index (χ0) is 16.5. The van der Waals surface area contributed by atoms with Gasteiger partial charge in [-0.1, -0.05) is 0 Å². The van der Waals surface area contributed by atoms with Crippen molar-refractivity contribution >= 4 is 34.8 Å². The summed E-state index contributed by atoms with van der Waals surface area (Å²) in [6.45, 7) is 6.23. The van der Waals surface area contributed by atoms with Crippen LogP contribution in [0.3, 0.4) is 0 Å². The van der Waals surface area contributed by atoms with Crippen molar-refractivity contribution in [1.29, 1.82) is 0 Å². The average molecular weight is 324 g/mol. The first kappa shape index (κ1) is 16.5. The molecule has 120 valence electrons. The van der Waals surface area contributed by atoms with E-state index in [-0.39, 0.29) is 23.8 Å². The highest BCUT2D eigenvalue weighted by Gasteiger charge is 2.39. The molecule has 2 rings (SSSR count). The molecular formula is C15H20N2O4S. The van der Waals surface area contributed by atoms with Gasteiger partial charge < -0.3 is 15.0 Å². The second-order valence-corrected chi connectivity index (χ2v) is 7.14. The molecule has 1 aliphatic rings. The van der Waals surface area contributed by atoms with Crippen LogP contribution in [0.15, 0.2) is 11.4 Å². The van der Waals surface area contributed by atoms with Crippen molar-refractivity contribution in [2.45, 2.75) is 32.7 Å². The molecular weight excluding hydrogens is 304 g/mol. The fraction of sp³-hybridized carbons (Fsp3) is 0.533. The van der Waals surface area contributed by atoms with Gasteiger partial charge in [-0.15, -0.1) is 11.3 Å². The van der Waals surface area contributed by atoms with E-state index in [1.54, 1.807) is 16.3 Å². The van der Waals surface area contributed by atoms with E-state index in [9.17, 15) is 14.4 Å². The molecule has 0 aliphatic carbocycles. The third-order valence-electron chi connectivity index (χ3n) is 3.60. The molecule has 2 heterocycles. The van der Waals surface area contributed by atoms with Crippen LogP contribution in [-0.4, -0.2) is 41.9 Å². The van der Waals surface area contributed by atoms with E-state index in [2.05, 4.69) is 10.1 Å². The second-order valence-electron chi connectivity index (χ2n) is 6.22. The monoisotopic (exact) mass is 324 g/mol. The SMILES string of the molecule is COC(=O)c1sccc1NC(=O)C1CC(=O)N(C(C)(C)C)C1. The van der Waals surface area contributed by atoms with Crippen molar-refractivity contribution in [2.75, 3.05) is 19.0 Å². The van der Waals surface area contributed by atoms with Crippen LogP contribution in [0.5, 0.6) is 0 Å². The molecule has 1 fully saturated rings. The highest BCUT2D eigenvalue weighted by Crippen LogP contribution is 2.28. The van der Waals surface area contributed by atoms with Gasteiger partial charge in [0.05, 0.1) is 18.7 Å². The van der Waals surface area contributed by atoms with Gasteiger partial charge >= 0.3 is 5.97 Å². The Morgan fingerprint density at radius 1 is 1.41 bits per heavy atom. The summed E-state index contributed by atoms with van der Waals surface area (Å²) in [4.78, 5) is 38.1. The van der Waals surface area contributed by atoms with E-state index in [1.807, 2.05) is 20.8 Å². The smallest absolute Gasteiger partial charge is 0.350 e. The van der Waals surface area contributed by atoms with Crippen LogP contribution in [0.1, 0.15) is 36.9 Å². The van der Waals surface area contributed by atoms with E-state index in [0.717, 1.165) is 0 Å². The van der Waals surface area contributed by atoms with E-state index in [0.29, 0.717) is 17.1 Å². The van der Waals surface area contributed by atoms with Crippen molar-refractivity contribution in [1.82, 2.24) is 4.90 Å². The summed E-state index contributed by atoms with van der Waals surface area (Å²) >= 11 is 1.21. The number of carbonyl (C=O) groups excluding carboxylic acids is 3. The summed E-state index contributed by atoms with van der Waals surface area (Å²) in [6.07, 6.45) is 0.195. The average Bonchev–Trinajstić information content (AvgIpc) is 3.03. The number of amides is 2. The molecule has 22 heavy (non-hydrogen) atoms. The molecule has 0 bridgehead atoms. The summed E-state index contributed by atoms with van der Waals surface area (Å²) in [5.74, 6) is -1.16. The Bertz CT molecular complexity index is 603. The zero-order valence-electron chi connectivity index (χ0n) is 13.1. The Kier molecular flexibility index (Phi) is 4.55. The van der Waals surface area contributed by atoms with E-state index >= 15 is 0 Å². The van der Waals surface area contributed by atoms with Crippen molar-refractivity contribution in [3.05, 3.63) is 16.3 Å². The highest BCUT2D eigenvalue weighted by molar-refractivity contribution is 7.12. The molecule has 0 aromatic carbocycles. The summed E-state index contributed by atoms with van der Waals surface area (Å²) in [6, 6.07) is 1.66. The number of nitrogens with one attached hydrogen (secondary N) is 1. The summed E-state index contributed by atoms with van der Waals surface area (Å²) < 4.78 is 4.68. The van der Waals surface area contributed by atoms with Gasteiger partial charge in [-0.05, 0) is 32.2 Å². The van der Waals surface area contributed by atoms with Gasteiger partial charge in [-0.25, -0.2) is 4.79 Å². The van der Waals surface area contributed by atoms with Crippen LogP contribution < -0.4 is 5.32 Å². The number of hydrogen-bond donors (Lipinski definition) is 1. The fourth-order valence-corrected chi connectivity index (χ4v) is 3.19. The maximum absolute atomic E-state index is 12.4. The number of anilines is 1. The van der Waals surface area contributed by atoms with Gasteiger partial charge in [-0.2, -0.15) is 0 Å². The van der Waals surface area contributed by atoms with Gasteiger partial charge in [0.25, 0.3) is 0 Å². The minimum Gasteiger partial charge on any atom is -0.465 e. The molecule has 2 amide bonds. The van der Waals surface area contributed by atoms with Crippen LogP contribution in [0.25, 0.3) is 0 Å². The zero-order valence-corrected chi connectivity index (χ0v) is 14.0. The molecule has 1 atom stereocenters. The molecule has 0 saturated carbocycles. The molecule has 1 aromatic heterocycles. The highest BCUT2D eigenvalue weighted by atomic mass is 32.1. The van der Waals surface area contributed by atoms with Crippen molar-refractivity contribution in [2.24, 2.45) is 5.92 Å². The predicted molar refractivity (Wildman–Crippen MR) is 83.9 cm³/mol. The number of esters is 1. The van der Waals surface area contributed by atoms with Gasteiger partial charge in [0.2, 0.25) is 11.8 Å². The van der Waals surface area contributed by atoms with Gasteiger partial charge in [0.1, 0.15) is 4.88 Å². The van der Waals surface area contributed by atoms with Crippen molar-refractivity contribution in [3.8, 4) is 0 Å². The third-order valence-corrected chi connectivity index (χ3v) is 4.49. The summed E-state index contributed by atoms with van der Waals surface area (Å²) in [7, 11) is 1.30. The molecule has 1 N–H and O–H groups in total. The minimum absolute atomic E-state index is 0.0221. The van der Waals surface area contributed by atoms with Gasteiger partial charge in [0, 0.05) is 18.5 Å². The number of thiophene rings is 1. The molecule has 1 aliphatic heterocycles. The lowest BCUT2D eigenvalue weighted by molar-refractivity contribution is -0.131. The van der Waals surface area contributed by atoms with Crippen molar-refractivity contribution < 1.29 is 19.1 Å². The van der Waals surface area contributed by atoms with Gasteiger partial charge in [-0.3, -0.25) is 9.59 Å². The second kappa shape index (κ2) is 6.08. The van der Waals surface area contributed by atoms with Crippen LogP contribution in [0.4, 0.5) is 5.69 Å². The first-order valence-electron chi connectivity index (χ1n) is 7.01. The third kappa shape index (κ3) is 3.30. The number of ether oxygens (including phenoxy) is 1. The number of hydrogen-bond acceptors (Lipinski definition) is 5. The fourth-order valence-electron chi connectivity index (χ4n) is 2.42. The Morgan fingerprint density at radius 2 is 2.09 bits per heavy atom. The van der Waals surface area contributed by atoms with Crippen LogP contribution in [-0.2, 0) is 14.3 Å². The Balaban J connectivity index is 2.07. The molecule has 1 aromatic rings. The van der Waals surface area contributed by atoms with Gasteiger partial charge in [0.15, 0.2) is 0 Å². The number of nitrogens with zero attached hydrogens (tertiary/aromatic N) is 1. The standard InChI is InChI=1S/C15H20N2O4S/c1-15(2,3)17-8-9(7-11(17)18)13(19)16-10-5-6-22-12(10)14(20)21-4/h5-6,9H,7-8H2,1-4H3,(H,16,19). The largest absolute Gasteiger partial charge is 0.465 e. The summed E-state index contributed by atoms with van der Waals surface area (Å²) in [5, 5.41) is 4.44. The van der Waals surface area contributed by atoms with Crippen LogP contribution >= 0.6 is 11.3 Å². The lowest BCUT2D eigenvalue weighted by atomic mass is 10.1.